The van der Waals surface area contributed by atoms with Gasteiger partial charge in [0.2, 0.25) is 5.91 Å². The van der Waals surface area contributed by atoms with Crippen molar-refractivity contribution in [3.8, 4) is 0 Å². The number of hydrogen-bond acceptors (Lipinski definition) is 5. The maximum absolute atomic E-state index is 12.4. The molecule has 1 amide bonds. The first kappa shape index (κ1) is 16.7. The van der Waals surface area contributed by atoms with Crippen LogP contribution < -0.4 is 5.73 Å². The third-order valence-corrected chi connectivity index (χ3v) is 6.11. The summed E-state index contributed by atoms with van der Waals surface area (Å²) < 4.78 is 0. The molecule has 3 rings (SSSR count). The van der Waals surface area contributed by atoms with Crippen molar-refractivity contribution in [1.29, 1.82) is 0 Å². The summed E-state index contributed by atoms with van der Waals surface area (Å²) in [5.74, 6) is 0.188. The standard InChI is InChI=1S/C17H28N4OS/c1-17(2)5-9-20(10-6-17)14-3-7-21(8-4-14)15(22)11-13-12-23-16(18)19-13/h12,14H,3-11H2,1-2H3,(H2,18,19). The van der Waals surface area contributed by atoms with Gasteiger partial charge >= 0.3 is 0 Å². The van der Waals surface area contributed by atoms with E-state index in [4.69, 9.17) is 5.73 Å². The van der Waals surface area contributed by atoms with Gasteiger partial charge in [0.25, 0.3) is 0 Å². The lowest BCUT2D eigenvalue weighted by molar-refractivity contribution is -0.132. The lowest BCUT2D eigenvalue weighted by Gasteiger charge is -2.44. The molecule has 2 aliphatic heterocycles. The zero-order valence-corrected chi connectivity index (χ0v) is 15.1. The number of aromatic nitrogens is 1. The van der Waals surface area contributed by atoms with Crippen LogP contribution in [-0.4, -0.2) is 52.9 Å². The average molecular weight is 337 g/mol. The van der Waals surface area contributed by atoms with Crippen LogP contribution in [0.3, 0.4) is 0 Å². The minimum atomic E-state index is 0.188. The number of hydrogen-bond donors (Lipinski definition) is 1. The number of carbonyl (C=O) groups excluding carboxylic acids is 1. The molecule has 0 radical (unpaired) electrons. The van der Waals surface area contributed by atoms with Gasteiger partial charge in [-0.05, 0) is 44.2 Å². The molecule has 0 aromatic carbocycles. The van der Waals surface area contributed by atoms with Gasteiger partial charge in [0, 0.05) is 24.5 Å². The number of amides is 1. The molecule has 1 aromatic heterocycles. The van der Waals surface area contributed by atoms with E-state index in [0.717, 1.165) is 31.6 Å². The van der Waals surface area contributed by atoms with Crippen LogP contribution in [0.5, 0.6) is 0 Å². The predicted molar refractivity (Wildman–Crippen MR) is 94.4 cm³/mol. The highest BCUT2D eigenvalue weighted by Gasteiger charge is 2.32. The Morgan fingerprint density at radius 3 is 2.52 bits per heavy atom. The zero-order chi connectivity index (χ0) is 16.4. The first-order valence-corrected chi connectivity index (χ1v) is 9.53. The van der Waals surface area contributed by atoms with Crippen molar-refractivity contribution in [2.24, 2.45) is 5.41 Å². The molecule has 0 bridgehead atoms. The molecule has 2 fully saturated rings. The van der Waals surface area contributed by atoms with Gasteiger partial charge in [-0.2, -0.15) is 0 Å². The van der Waals surface area contributed by atoms with Crippen molar-refractivity contribution in [3.05, 3.63) is 11.1 Å². The molecule has 2 saturated heterocycles. The number of thiazole rings is 1. The fraction of sp³-hybridized carbons (Fsp3) is 0.765. The third-order valence-electron chi connectivity index (χ3n) is 5.39. The summed E-state index contributed by atoms with van der Waals surface area (Å²) in [6.45, 7) is 8.92. The number of likely N-dealkylation sites (tertiary alicyclic amines) is 2. The van der Waals surface area contributed by atoms with Crippen LogP contribution in [0.4, 0.5) is 5.13 Å². The second kappa shape index (κ2) is 6.77. The fourth-order valence-electron chi connectivity index (χ4n) is 3.65. The minimum Gasteiger partial charge on any atom is -0.375 e. The number of nitrogens with two attached hydrogens (primary N) is 1. The lowest BCUT2D eigenvalue weighted by atomic mass is 9.82. The maximum atomic E-state index is 12.4. The minimum absolute atomic E-state index is 0.188. The van der Waals surface area contributed by atoms with E-state index in [2.05, 4.69) is 23.7 Å². The van der Waals surface area contributed by atoms with Gasteiger partial charge in [0.05, 0.1) is 12.1 Å². The maximum Gasteiger partial charge on any atom is 0.228 e. The van der Waals surface area contributed by atoms with Crippen molar-refractivity contribution >= 4 is 22.4 Å². The van der Waals surface area contributed by atoms with E-state index in [1.165, 1.54) is 37.3 Å². The number of rotatable bonds is 3. The molecular weight excluding hydrogens is 308 g/mol. The van der Waals surface area contributed by atoms with Crippen LogP contribution in [0, 0.1) is 5.41 Å². The Morgan fingerprint density at radius 2 is 1.96 bits per heavy atom. The van der Waals surface area contributed by atoms with Gasteiger partial charge in [-0.25, -0.2) is 4.98 Å². The van der Waals surface area contributed by atoms with Gasteiger partial charge in [0.1, 0.15) is 0 Å². The van der Waals surface area contributed by atoms with Crippen LogP contribution in [-0.2, 0) is 11.2 Å². The quantitative estimate of drug-likeness (QED) is 0.920. The average Bonchev–Trinajstić information content (AvgIpc) is 2.92. The molecule has 23 heavy (non-hydrogen) atoms. The molecule has 2 aliphatic rings. The zero-order valence-electron chi connectivity index (χ0n) is 14.3. The molecule has 0 unspecified atom stereocenters. The number of carbonyl (C=O) groups is 1. The third kappa shape index (κ3) is 4.23. The summed E-state index contributed by atoms with van der Waals surface area (Å²) in [6.07, 6.45) is 5.17. The Hall–Kier alpha value is -1.14. The summed E-state index contributed by atoms with van der Waals surface area (Å²) in [5, 5.41) is 2.43. The van der Waals surface area contributed by atoms with Crippen molar-refractivity contribution in [3.63, 3.8) is 0 Å². The second-order valence-corrected chi connectivity index (χ2v) is 8.56. The van der Waals surface area contributed by atoms with Crippen LogP contribution in [0.1, 0.15) is 45.2 Å². The summed E-state index contributed by atoms with van der Waals surface area (Å²) in [7, 11) is 0. The first-order valence-electron chi connectivity index (χ1n) is 8.65. The Labute approximate surface area is 142 Å². The van der Waals surface area contributed by atoms with E-state index < -0.39 is 0 Å². The van der Waals surface area contributed by atoms with E-state index in [0.29, 0.717) is 23.0 Å². The Morgan fingerprint density at radius 1 is 1.30 bits per heavy atom. The molecule has 3 heterocycles. The summed E-state index contributed by atoms with van der Waals surface area (Å²) in [5.41, 5.74) is 6.94. The first-order chi connectivity index (χ1) is 10.9. The van der Waals surface area contributed by atoms with Gasteiger partial charge in [-0.1, -0.05) is 13.8 Å². The van der Waals surface area contributed by atoms with Crippen LogP contribution >= 0.6 is 11.3 Å². The molecule has 0 spiro atoms. The summed E-state index contributed by atoms with van der Waals surface area (Å²) in [4.78, 5) is 21.2. The smallest absolute Gasteiger partial charge is 0.228 e. The summed E-state index contributed by atoms with van der Waals surface area (Å²) >= 11 is 1.40. The van der Waals surface area contributed by atoms with Crippen molar-refractivity contribution in [2.45, 2.75) is 52.0 Å². The summed E-state index contributed by atoms with van der Waals surface area (Å²) in [6, 6.07) is 0.657. The SMILES string of the molecule is CC1(C)CCN(C2CCN(C(=O)Cc3csc(N)n3)CC2)CC1. The number of nitrogen functional groups attached to an aromatic ring is 1. The number of nitrogens with zero attached hydrogens (tertiary/aromatic N) is 3. The van der Waals surface area contributed by atoms with Gasteiger partial charge in [-0.15, -0.1) is 11.3 Å². The Balaban J connectivity index is 1.46. The van der Waals surface area contributed by atoms with Gasteiger partial charge in [0.15, 0.2) is 5.13 Å². The molecule has 128 valence electrons. The topological polar surface area (TPSA) is 62.5 Å². The van der Waals surface area contributed by atoms with E-state index in [-0.39, 0.29) is 5.91 Å². The number of anilines is 1. The van der Waals surface area contributed by atoms with Crippen LogP contribution in [0.2, 0.25) is 0 Å². The number of piperidine rings is 2. The molecule has 0 aliphatic carbocycles. The molecule has 0 saturated carbocycles. The van der Waals surface area contributed by atoms with Crippen LogP contribution in [0.15, 0.2) is 5.38 Å². The van der Waals surface area contributed by atoms with Crippen molar-refractivity contribution < 1.29 is 4.79 Å². The molecule has 0 atom stereocenters. The van der Waals surface area contributed by atoms with E-state index in [1.54, 1.807) is 0 Å². The van der Waals surface area contributed by atoms with E-state index >= 15 is 0 Å². The molecular formula is C17H28N4OS. The molecule has 1 aromatic rings. The van der Waals surface area contributed by atoms with Crippen LogP contribution in [0.25, 0.3) is 0 Å². The van der Waals surface area contributed by atoms with Gasteiger partial charge < -0.3 is 15.5 Å². The molecule has 5 nitrogen and oxygen atoms in total. The molecule has 2 N–H and O–H groups in total. The highest BCUT2D eigenvalue weighted by atomic mass is 32.1. The van der Waals surface area contributed by atoms with E-state index in [1.807, 2.05) is 10.3 Å². The van der Waals surface area contributed by atoms with Crippen molar-refractivity contribution in [2.75, 3.05) is 31.9 Å². The predicted octanol–water partition coefficient (Wildman–Crippen LogP) is 2.38. The second-order valence-electron chi connectivity index (χ2n) is 7.67. The Bertz CT molecular complexity index is 539. The molecule has 6 heteroatoms. The fourth-order valence-corrected chi connectivity index (χ4v) is 4.21. The lowest BCUT2D eigenvalue weighted by Crippen LogP contribution is -2.50. The van der Waals surface area contributed by atoms with E-state index in [9.17, 15) is 4.79 Å². The highest BCUT2D eigenvalue weighted by Crippen LogP contribution is 2.32. The highest BCUT2D eigenvalue weighted by molar-refractivity contribution is 7.13. The van der Waals surface area contributed by atoms with Crippen molar-refractivity contribution in [1.82, 2.24) is 14.8 Å². The van der Waals surface area contributed by atoms with Gasteiger partial charge in [-0.3, -0.25) is 4.79 Å². The Kier molecular flexibility index (Phi) is 4.92. The largest absolute Gasteiger partial charge is 0.375 e. The normalized spacial score (nSPS) is 23.1. The monoisotopic (exact) mass is 336 g/mol.